The van der Waals surface area contributed by atoms with Crippen LogP contribution in [0.15, 0.2) is 11.6 Å². The number of thioether (sulfide) groups is 1. The molecule has 0 unspecified atom stereocenters. The van der Waals surface area contributed by atoms with E-state index in [1.165, 1.54) is 11.8 Å². The van der Waals surface area contributed by atoms with Crippen LogP contribution in [0.25, 0.3) is 0 Å². The van der Waals surface area contributed by atoms with E-state index in [1.54, 1.807) is 0 Å². The zero-order valence-corrected chi connectivity index (χ0v) is 6.34. The molecule has 1 N–H and O–H groups in total. The number of rotatable bonds is 4. The molecule has 0 aliphatic rings. The summed E-state index contributed by atoms with van der Waals surface area (Å²) in [6.07, 6.45) is 0. The molecule has 0 saturated carbocycles. The number of hydrogen-bond donors (Lipinski definition) is 1. The second-order valence-electron chi connectivity index (χ2n) is 1.40. The quantitative estimate of drug-likeness (QED) is 0.689. The molecular formula is C5H7ClO2S. The maximum atomic E-state index is 9.89. The molecule has 0 heterocycles. The van der Waals surface area contributed by atoms with Crippen molar-refractivity contribution in [2.24, 2.45) is 0 Å². The molecule has 9 heavy (non-hydrogen) atoms. The highest BCUT2D eigenvalue weighted by atomic mass is 35.5. The smallest absolute Gasteiger partial charge is 0.313 e. The van der Waals surface area contributed by atoms with Crippen molar-refractivity contribution in [3.8, 4) is 0 Å². The zero-order valence-electron chi connectivity index (χ0n) is 4.76. The molecule has 4 heteroatoms. The van der Waals surface area contributed by atoms with Gasteiger partial charge in [0.2, 0.25) is 0 Å². The summed E-state index contributed by atoms with van der Waals surface area (Å²) in [7, 11) is 0. The molecule has 0 aromatic rings. The summed E-state index contributed by atoms with van der Waals surface area (Å²) in [5.41, 5.74) is 0. The topological polar surface area (TPSA) is 37.3 Å². The third-order valence-corrected chi connectivity index (χ3v) is 1.78. The van der Waals surface area contributed by atoms with Crippen LogP contribution in [0.3, 0.4) is 0 Å². The van der Waals surface area contributed by atoms with Crippen LogP contribution in [0.2, 0.25) is 0 Å². The van der Waals surface area contributed by atoms with Gasteiger partial charge < -0.3 is 5.11 Å². The summed E-state index contributed by atoms with van der Waals surface area (Å²) in [6.45, 7) is 3.40. The summed E-state index contributed by atoms with van der Waals surface area (Å²) in [4.78, 5) is 9.89. The summed E-state index contributed by atoms with van der Waals surface area (Å²) in [5, 5.41) is 8.62. The third-order valence-electron chi connectivity index (χ3n) is 0.484. The third kappa shape index (κ3) is 7.85. The second-order valence-corrected chi connectivity index (χ2v) is 2.92. The minimum atomic E-state index is -0.821. The van der Waals surface area contributed by atoms with Gasteiger partial charge in [-0.15, -0.1) is 11.8 Å². The standard InChI is InChI=1S/C5H7ClO2S/c1-4(6)2-9-3-5(7)8/h1-3H2,(H,7,8). The van der Waals surface area contributed by atoms with Gasteiger partial charge in [0.15, 0.2) is 0 Å². The number of carboxylic acids is 1. The molecule has 0 fully saturated rings. The molecule has 0 aliphatic carbocycles. The first-order valence-electron chi connectivity index (χ1n) is 2.25. The molecule has 0 amide bonds. The van der Waals surface area contributed by atoms with Crippen LogP contribution in [-0.4, -0.2) is 22.6 Å². The molecule has 0 aromatic carbocycles. The highest BCUT2D eigenvalue weighted by molar-refractivity contribution is 8.00. The zero-order chi connectivity index (χ0) is 7.28. The van der Waals surface area contributed by atoms with Crippen molar-refractivity contribution in [3.05, 3.63) is 11.6 Å². The number of aliphatic carboxylic acids is 1. The van der Waals surface area contributed by atoms with Gasteiger partial charge in [-0.3, -0.25) is 4.79 Å². The number of halogens is 1. The van der Waals surface area contributed by atoms with Crippen LogP contribution in [-0.2, 0) is 4.79 Å². The number of hydrogen-bond acceptors (Lipinski definition) is 2. The monoisotopic (exact) mass is 166 g/mol. The van der Waals surface area contributed by atoms with Gasteiger partial charge in [-0.1, -0.05) is 18.2 Å². The Bertz CT molecular complexity index is 110. The molecule has 0 radical (unpaired) electrons. The van der Waals surface area contributed by atoms with Crippen molar-refractivity contribution in [2.75, 3.05) is 11.5 Å². The molecule has 0 aliphatic heterocycles. The largest absolute Gasteiger partial charge is 0.481 e. The van der Waals surface area contributed by atoms with E-state index in [9.17, 15) is 4.79 Å². The molecule has 0 saturated heterocycles. The maximum absolute atomic E-state index is 9.89. The summed E-state index contributed by atoms with van der Waals surface area (Å²) < 4.78 is 0. The van der Waals surface area contributed by atoms with Crippen molar-refractivity contribution >= 4 is 29.3 Å². The molecular weight excluding hydrogens is 160 g/mol. The van der Waals surface area contributed by atoms with Crippen molar-refractivity contribution in [2.45, 2.75) is 0 Å². The fourth-order valence-electron chi connectivity index (χ4n) is 0.249. The van der Waals surface area contributed by atoms with Crippen LogP contribution >= 0.6 is 23.4 Å². The van der Waals surface area contributed by atoms with Crippen molar-refractivity contribution in [1.82, 2.24) is 0 Å². The first-order chi connectivity index (χ1) is 4.13. The Morgan fingerprint density at radius 2 is 2.22 bits per heavy atom. The fraction of sp³-hybridized carbons (Fsp3) is 0.400. The predicted molar refractivity (Wildman–Crippen MR) is 40.0 cm³/mol. The van der Waals surface area contributed by atoms with Gasteiger partial charge >= 0.3 is 5.97 Å². The summed E-state index contributed by atoms with van der Waals surface area (Å²) in [5.74, 6) is -0.225. The average Bonchev–Trinajstić information content (AvgIpc) is 1.63. The first kappa shape index (κ1) is 8.85. The minimum Gasteiger partial charge on any atom is -0.481 e. The van der Waals surface area contributed by atoms with E-state index < -0.39 is 5.97 Å². The van der Waals surface area contributed by atoms with Gasteiger partial charge in [0.25, 0.3) is 0 Å². The lowest BCUT2D eigenvalue weighted by Crippen LogP contribution is -1.98. The SMILES string of the molecule is C=C(Cl)CSCC(=O)O. The maximum Gasteiger partial charge on any atom is 0.313 e. The molecule has 0 bridgehead atoms. The Hall–Kier alpha value is -0.150. The Morgan fingerprint density at radius 1 is 1.67 bits per heavy atom. The van der Waals surface area contributed by atoms with Gasteiger partial charge in [0.1, 0.15) is 0 Å². The van der Waals surface area contributed by atoms with E-state index in [0.717, 1.165) is 0 Å². The van der Waals surface area contributed by atoms with E-state index in [1.807, 2.05) is 0 Å². The molecule has 0 atom stereocenters. The first-order valence-corrected chi connectivity index (χ1v) is 3.79. The lowest BCUT2D eigenvalue weighted by atomic mass is 10.7. The molecule has 2 nitrogen and oxygen atoms in total. The van der Waals surface area contributed by atoms with Gasteiger partial charge in [-0.05, 0) is 0 Å². The van der Waals surface area contributed by atoms with Gasteiger partial charge in [0, 0.05) is 10.8 Å². The Balaban J connectivity index is 3.10. The van der Waals surface area contributed by atoms with Crippen molar-refractivity contribution in [3.63, 3.8) is 0 Å². The van der Waals surface area contributed by atoms with E-state index in [0.29, 0.717) is 10.8 Å². The van der Waals surface area contributed by atoms with E-state index in [-0.39, 0.29) is 5.75 Å². The molecule has 0 spiro atoms. The molecule has 0 rings (SSSR count). The second kappa shape index (κ2) is 4.70. The van der Waals surface area contributed by atoms with E-state index >= 15 is 0 Å². The highest BCUT2D eigenvalue weighted by Crippen LogP contribution is 2.08. The van der Waals surface area contributed by atoms with Crippen molar-refractivity contribution in [1.29, 1.82) is 0 Å². The Labute approximate surface area is 62.9 Å². The van der Waals surface area contributed by atoms with Gasteiger partial charge in [-0.2, -0.15) is 0 Å². The number of carboxylic acid groups (broad SMARTS) is 1. The highest BCUT2D eigenvalue weighted by Gasteiger charge is 1.95. The van der Waals surface area contributed by atoms with Gasteiger partial charge in [0.05, 0.1) is 5.75 Å². The minimum absolute atomic E-state index is 0.0890. The lowest BCUT2D eigenvalue weighted by molar-refractivity contribution is -0.133. The van der Waals surface area contributed by atoms with E-state index in [2.05, 4.69) is 6.58 Å². The molecule has 0 aromatic heterocycles. The number of carbonyl (C=O) groups is 1. The van der Waals surface area contributed by atoms with Crippen LogP contribution in [0.4, 0.5) is 0 Å². The summed E-state index contributed by atoms with van der Waals surface area (Å²) in [6, 6.07) is 0. The van der Waals surface area contributed by atoms with Crippen LogP contribution in [0.1, 0.15) is 0 Å². The lowest BCUT2D eigenvalue weighted by Gasteiger charge is -1.92. The van der Waals surface area contributed by atoms with Crippen LogP contribution in [0.5, 0.6) is 0 Å². The van der Waals surface area contributed by atoms with E-state index in [4.69, 9.17) is 16.7 Å². The Morgan fingerprint density at radius 3 is 2.56 bits per heavy atom. The van der Waals surface area contributed by atoms with Crippen LogP contribution < -0.4 is 0 Å². The molecule has 52 valence electrons. The fourth-order valence-corrected chi connectivity index (χ4v) is 0.979. The normalized spacial score (nSPS) is 9.00. The Kier molecular flexibility index (Phi) is 4.62. The van der Waals surface area contributed by atoms with Gasteiger partial charge in [-0.25, -0.2) is 0 Å². The van der Waals surface area contributed by atoms with Crippen LogP contribution in [0, 0.1) is 0 Å². The summed E-state index contributed by atoms with van der Waals surface area (Å²) >= 11 is 6.59. The predicted octanol–water partition coefficient (Wildman–Crippen LogP) is 1.56. The average molecular weight is 167 g/mol. The van der Waals surface area contributed by atoms with Crippen molar-refractivity contribution < 1.29 is 9.90 Å².